The average Bonchev–Trinajstić information content (AvgIpc) is 2.73. The monoisotopic (exact) mass is 379 g/mol. The summed E-state index contributed by atoms with van der Waals surface area (Å²) in [6.45, 7) is 0. The Morgan fingerprint density at radius 2 is 1.75 bits per heavy atom. The topological polar surface area (TPSA) is 117 Å². The zero-order valence-corrected chi connectivity index (χ0v) is 15.4. The highest BCUT2D eigenvalue weighted by atomic mass is 16.5. The number of nitrogens with one attached hydrogen (secondary N) is 1. The summed E-state index contributed by atoms with van der Waals surface area (Å²) in [6, 6.07) is 11.6. The minimum absolute atomic E-state index is 0.0440. The Morgan fingerprint density at radius 3 is 2.32 bits per heavy atom. The summed E-state index contributed by atoms with van der Waals surface area (Å²) in [5.74, 6) is 0.524. The summed E-state index contributed by atoms with van der Waals surface area (Å²) in [4.78, 5) is 19.1. The maximum absolute atomic E-state index is 12.3. The van der Waals surface area contributed by atoms with Crippen molar-refractivity contribution in [3.8, 4) is 23.3 Å². The van der Waals surface area contributed by atoms with Crippen LogP contribution in [0.3, 0.4) is 0 Å². The normalized spacial score (nSPS) is 11.5. The van der Waals surface area contributed by atoms with Crippen molar-refractivity contribution in [3.63, 3.8) is 0 Å². The van der Waals surface area contributed by atoms with Gasteiger partial charge in [-0.2, -0.15) is 5.26 Å². The van der Waals surface area contributed by atoms with Crippen LogP contribution in [0, 0.1) is 11.3 Å². The fraction of sp³-hybridized carbons (Fsp3) is 0.150. The van der Waals surface area contributed by atoms with E-state index in [0.29, 0.717) is 28.2 Å². The van der Waals surface area contributed by atoms with Crippen molar-refractivity contribution in [2.45, 2.75) is 0 Å². The molecule has 0 saturated carbocycles. The summed E-state index contributed by atoms with van der Waals surface area (Å²) in [7, 11) is 4.34. The number of aromatic nitrogens is 2. The lowest BCUT2D eigenvalue weighted by Crippen LogP contribution is -2.11. The summed E-state index contributed by atoms with van der Waals surface area (Å²) < 4.78 is 15.8. The molecule has 8 heteroatoms. The minimum atomic E-state index is -0.411. The highest BCUT2D eigenvalue weighted by Crippen LogP contribution is 2.40. The summed E-state index contributed by atoms with van der Waals surface area (Å²) in [6.07, 6.45) is 0. The molecule has 0 saturated heterocycles. The van der Waals surface area contributed by atoms with Crippen LogP contribution in [0.1, 0.15) is 11.4 Å². The van der Waals surface area contributed by atoms with Crippen LogP contribution in [0.25, 0.3) is 22.2 Å². The van der Waals surface area contributed by atoms with E-state index < -0.39 is 5.56 Å². The lowest BCUT2D eigenvalue weighted by Gasteiger charge is -2.14. The van der Waals surface area contributed by atoms with Crippen LogP contribution >= 0.6 is 0 Å². The smallest absolute Gasteiger partial charge is 0.259 e. The lowest BCUT2D eigenvalue weighted by molar-refractivity contribution is 0.324. The fourth-order valence-corrected chi connectivity index (χ4v) is 2.79. The lowest BCUT2D eigenvalue weighted by atomic mass is 10.1. The van der Waals surface area contributed by atoms with Crippen molar-refractivity contribution in [1.29, 1.82) is 5.26 Å². The Kier molecular flexibility index (Phi) is 5.18. The third-order valence-corrected chi connectivity index (χ3v) is 4.14. The number of rotatable bonds is 5. The number of aromatic amines is 1. The van der Waals surface area contributed by atoms with Crippen LogP contribution in [0.15, 0.2) is 41.2 Å². The van der Waals surface area contributed by atoms with Gasteiger partial charge in [0.25, 0.3) is 5.56 Å². The van der Waals surface area contributed by atoms with E-state index in [9.17, 15) is 15.2 Å². The number of nitriles is 1. The Labute approximate surface area is 160 Å². The first-order chi connectivity index (χ1) is 13.5. The number of aliphatic hydroxyl groups excluding tert-OH is 1. The Bertz CT molecular complexity index is 1150. The van der Waals surface area contributed by atoms with Gasteiger partial charge < -0.3 is 24.3 Å². The molecule has 2 N–H and O–H groups in total. The van der Waals surface area contributed by atoms with E-state index in [1.807, 2.05) is 6.07 Å². The van der Waals surface area contributed by atoms with Gasteiger partial charge in [0.05, 0.1) is 32.2 Å². The number of nitrogens with zero attached hydrogens (tertiary/aromatic N) is 2. The third-order valence-electron chi connectivity index (χ3n) is 4.14. The molecule has 0 unspecified atom stereocenters. The van der Waals surface area contributed by atoms with Crippen molar-refractivity contribution in [2.75, 3.05) is 21.3 Å². The molecule has 0 fully saturated rings. The fourth-order valence-electron chi connectivity index (χ4n) is 2.79. The van der Waals surface area contributed by atoms with Gasteiger partial charge in [-0.15, -0.1) is 0 Å². The van der Waals surface area contributed by atoms with Crippen LogP contribution in [-0.2, 0) is 0 Å². The molecule has 2 aromatic carbocycles. The van der Waals surface area contributed by atoms with Gasteiger partial charge in [-0.1, -0.05) is 12.1 Å². The van der Waals surface area contributed by atoms with Gasteiger partial charge in [0, 0.05) is 5.56 Å². The quantitative estimate of drug-likeness (QED) is 0.517. The van der Waals surface area contributed by atoms with Crippen LogP contribution in [0.5, 0.6) is 17.2 Å². The molecule has 8 nitrogen and oxygen atoms in total. The van der Waals surface area contributed by atoms with Crippen molar-refractivity contribution in [2.24, 2.45) is 0 Å². The third kappa shape index (κ3) is 3.21. The number of fused-ring (bicyclic) bond motifs is 1. The van der Waals surface area contributed by atoms with E-state index in [0.717, 1.165) is 0 Å². The van der Waals surface area contributed by atoms with Gasteiger partial charge in [0.15, 0.2) is 17.3 Å². The first-order valence-electron chi connectivity index (χ1n) is 8.17. The molecule has 0 aliphatic carbocycles. The first-order valence-corrected chi connectivity index (χ1v) is 8.17. The average molecular weight is 379 g/mol. The summed E-state index contributed by atoms with van der Waals surface area (Å²) in [5.41, 5.74) is 0.0386. The highest BCUT2D eigenvalue weighted by Gasteiger charge is 2.19. The van der Waals surface area contributed by atoms with E-state index in [1.54, 1.807) is 24.3 Å². The number of aliphatic hydroxyl groups is 1. The molecule has 0 aliphatic heterocycles. The number of benzene rings is 2. The number of hydrogen-bond donors (Lipinski definition) is 2. The maximum atomic E-state index is 12.3. The highest BCUT2D eigenvalue weighted by molar-refractivity contribution is 5.93. The second kappa shape index (κ2) is 7.72. The number of methoxy groups -OCH3 is 3. The van der Waals surface area contributed by atoms with Crippen LogP contribution in [0.4, 0.5) is 0 Å². The van der Waals surface area contributed by atoms with Gasteiger partial charge in [-0.25, -0.2) is 4.98 Å². The number of H-pyrrole nitrogens is 1. The van der Waals surface area contributed by atoms with E-state index in [4.69, 9.17) is 14.2 Å². The standard InChI is InChI=1S/C20H17N3O5/c1-26-15-8-11(9-16(27-2)18(15)28-3)17(24)13(10-21)19-22-14-7-5-4-6-12(14)20(25)23-19/h4-9,24H,1-3H3,(H,22,23,25)/b17-13+. The largest absolute Gasteiger partial charge is 0.506 e. The predicted octanol–water partition coefficient (Wildman–Crippen LogP) is 2.90. The van der Waals surface area contributed by atoms with Gasteiger partial charge in [-0.3, -0.25) is 4.79 Å². The van der Waals surface area contributed by atoms with E-state index in [2.05, 4.69) is 9.97 Å². The zero-order valence-electron chi connectivity index (χ0n) is 15.4. The maximum Gasteiger partial charge on any atom is 0.259 e. The van der Waals surface area contributed by atoms with E-state index in [-0.39, 0.29) is 22.7 Å². The van der Waals surface area contributed by atoms with Gasteiger partial charge in [0.2, 0.25) is 5.75 Å². The Hall–Kier alpha value is -3.99. The van der Waals surface area contributed by atoms with Crippen molar-refractivity contribution < 1.29 is 19.3 Å². The first kappa shape index (κ1) is 18.8. The molecule has 142 valence electrons. The van der Waals surface area contributed by atoms with Gasteiger partial charge in [-0.05, 0) is 24.3 Å². The Morgan fingerprint density at radius 1 is 1.11 bits per heavy atom. The van der Waals surface area contributed by atoms with Crippen LogP contribution in [-0.4, -0.2) is 36.4 Å². The molecule has 1 heterocycles. The summed E-state index contributed by atoms with van der Waals surface area (Å²) in [5, 5.41) is 20.7. The molecule has 0 spiro atoms. The summed E-state index contributed by atoms with van der Waals surface area (Å²) >= 11 is 0. The Balaban J connectivity index is 2.24. The van der Waals surface area contributed by atoms with Crippen LogP contribution < -0.4 is 19.8 Å². The molecular formula is C20H17N3O5. The molecule has 0 radical (unpaired) electrons. The van der Waals surface area contributed by atoms with Crippen molar-refractivity contribution in [1.82, 2.24) is 9.97 Å². The molecular weight excluding hydrogens is 362 g/mol. The molecule has 1 aromatic heterocycles. The van der Waals surface area contributed by atoms with E-state index in [1.165, 1.54) is 33.5 Å². The molecule has 3 rings (SSSR count). The molecule has 0 aliphatic rings. The second-order valence-corrected chi connectivity index (χ2v) is 5.68. The number of para-hydroxylation sites is 1. The number of allylic oxidation sites excluding steroid dienone is 1. The number of ether oxygens (including phenoxy) is 3. The SMILES string of the molecule is COc1cc(/C(O)=C(/C#N)c2nc3ccccc3c(=O)[nH]2)cc(OC)c1OC. The van der Waals surface area contributed by atoms with Crippen LogP contribution in [0.2, 0.25) is 0 Å². The number of hydrogen-bond acceptors (Lipinski definition) is 7. The van der Waals surface area contributed by atoms with Gasteiger partial charge in [0.1, 0.15) is 17.4 Å². The molecule has 0 amide bonds. The molecule has 3 aromatic rings. The molecule has 28 heavy (non-hydrogen) atoms. The van der Waals surface area contributed by atoms with E-state index >= 15 is 0 Å². The molecule has 0 bridgehead atoms. The van der Waals surface area contributed by atoms with Gasteiger partial charge >= 0.3 is 0 Å². The minimum Gasteiger partial charge on any atom is -0.506 e. The van der Waals surface area contributed by atoms with Crippen molar-refractivity contribution >= 4 is 22.2 Å². The zero-order chi connectivity index (χ0) is 20.3. The predicted molar refractivity (Wildman–Crippen MR) is 104 cm³/mol. The second-order valence-electron chi connectivity index (χ2n) is 5.68. The molecule has 0 atom stereocenters. The van der Waals surface area contributed by atoms with Crippen molar-refractivity contribution in [3.05, 3.63) is 58.1 Å².